The zero-order valence-electron chi connectivity index (χ0n) is 20.2. The number of fused-ring (bicyclic) bond motifs is 2. The summed E-state index contributed by atoms with van der Waals surface area (Å²) in [5.74, 6) is -1.44. The number of aliphatic hydroxyl groups is 1. The second kappa shape index (κ2) is 10.2. The first-order chi connectivity index (χ1) is 15.7. The molecule has 0 aromatic carbocycles. The van der Waals surface area contributed by atoms with Crippen LogP contribution in [-0.2, 0) is 19.1 Å². The van der Waals surface area contributed by atoms with Crippen LogP contribution in [0.4, 0.5) is 26.3 Å². The molecule has 0 heterocycles. The number of carbonyl (C=O) groups excluding carboxylic acids is 2. The highest BCUT2D eigenvalue weighted by Crippen LogP contribution is 2.52. The van der Waals surface area contributed by atoms with Crippen molar-refractivity contribution < 1.29 is 50.5 Å². The first-order valence-electron chi connectivity index (χ1n) is 11.7. The van der Waals surface area contributed by atoms with Crippen molar-refractivity contribution in [2.45, 2.75) is 118 Å². The lowest BCUT2D eigenvalue weighted by Gasteiger charge is -2.48. The maximum absolute atomic E-state index is 13.2. The highest BCUT2D eigenvalue weighted by atomic mass is 127. The lowest BCUT2D eigenvalue weighted by molar-refractivity contribution is -0.407. The van der Waals surface area contributed by atoms with Gasteiger partial charge in [-0.25, -0.2) is 0 Å². The van der Waals surface area contributed by atoms with Gasteiger partial charge in [0.25, 0.3) is 5.60 Å². The standard InChI is InChI=1S/C23H33F6IO5/c1-5-19(4,30)17(32)35-20-10-6-7-14(12-20)11-15(13-20)8-9-16(31)34-18(2,3)21(33,22(24,25)26)23(27,28)29/h14-15,33H,5-13H2,1-4H3. The summed E-state index contributed by atoms with van der Waals surface area (Å²) in [4.78, 5) is 25.1. The molecule has 2 bridgehead atoms. The first-order valence-corrected chi connectivity index (χ1v) is 12.8. The van der Waals surface area contributed by atoms with E-state index in [9.17, 15) is 41.0 Å². The highest BCUT2D eigenvalue weighted by molar-refractivity contribution is 14.1. The average Bonchev–Trinajstić information content (AvgIpc) is 2.69. The van der Waals surface area contributed by atoms with Crippen molar-refractivity contribution >= 4 is 34.5 Å². The Kier molecular flexibility index (Phi) is 8.84. The molecule has 2 fully saturated rings. The molecule has 0 spiro atoms. The van der Waals surface area contributed by atoms with E-state index in [-0.39, 0.29) is 24.2 Å². The van der Waals surface area contributed by atoms with Crippen LogP contribution in [0.3, 0.4) is 0 Å². The van der Waals surface area contributed by atoms with E-state index in [0.717, 1.165) is 19.3 Å². The molecule has 4 atom stereocenters. The fourth-order valence-electron chi connectivity index (χ4n) is 5.29. The number of halogens is 7. The van der Waals surface area contributed by atoms with Crippen LogP contribution in [-0.4, -0.2) is 49.6 Å². The van der Waals surface area contributed by atoms with Gasteiger partial charge >= 0.3 is 24.3 Å². The van der Waals surface area contributed by atoms with Crippen molar-refractivity contribution in [2.24, 2.45) is 11.8 Å². The zero-order chi connectivity index (χ0) is 27.1. The monoisotopic (exact) mass is 630 g/mol. The number of carbonyl (C=O) groups is 2. The first kappa shape index (κ1) is 30.4. The Bertz CT molecular complexity index is 780. The van der Waals surface area contributed by atoms with Gasteiger partial charge in [0.15, 0.2) is 5.60 Å². The number of esters is 2. The van der Waals surface area contributed by atoms with Crippen LogP contribution in [0, 0.1) is 11.8 Å². The molecule has 2 rings (SSSR count). The number of hydrogen-bond donors (Lipinski definition) is 1. The third kappa shape index (κ3) is 6.38. The molecule has 12 heteroatoms. The van der Waals surface area contributed by atoms with Crippen LogP contribution in [0.25, 0.3) is 0 Å². The number of rotatable bonds is 8. The highest BCUT2D eigenvalue weighted by Gasteiger charge is 2.78. The molecule has 4 unspecified atom stereocenters. The van der Waals surface area contributed by atoms with E-state index in [1.807, 2.05) is 6.92 Å². The third-order valence-corrected chi connectivity index (χ3v) is 8.65. The number of hydrogen-bond acceptors (Lipinski definition) is 5. The van der Waals surface area contributed by atoms with Gasteiger partial charge in [-0.3, -0.25) is 9.59 Å². The Morgan fingerprint density at radius 2 is 1.63 bits per heavy atom. The summed E-state index contributed by atoms with van der Waals surface area (Å²) in [6, 6.07) is 0. The van der Waals surface area contributed by atoms with E-state index in [1.165, 1.54) is 0 Å². The lowest BCUT2D eigenvalue weighted by Crippen LogP contribution is -2.69. The molecule has 0 aliphatic heterocycles. The number of alkyl halides is 7. The Morgan fingerprint density at radius 3 is 2.14 bits per heavy atom. The van der Waals surface area contributed by atoms with Crippen LogP contribution in [0.15, 0.2) is 0 Å². The predicted molar refractivity (Wildman–Crippen MR) is 123 cm³/mol. The van der Waals surface area contributed by atoms with Gasteiger partial charge in [-0.15, -0.1) is 0 Å². The Hall–Kier alpha value is -0.790. The normalized spacial score (nSPS) is 27.7. The van der Waals surface area contributed by atoms with Crippen LogP contribution >= 0.6 is 22.6 Å². The average molecular weight is 630 g/mol. The maximum atomic E-state index is 13.2. The quantitative estimate of drug-likeness (QED) is 0.145. The molecule has 0 amide bonds. The molecule has 0 radical (unpaired) electrons. The van der Waals surface area contributed by atoms with E-state index in [4.69, 9.17) is 4.74 Å². The van der Waals surface area contributed by atoms with E-state index in [2.05, 4.69) is 27.3 Å². The fraction of sp³-hybridized carbons (Fsp3) is 0.913. The Labute approximate surface area is 214 Å². The Balaban J connectivity index is 2.08. The molecule has 1 N–H and O–H groups in total. The largest absolute Gasteiger partial charge is 0.458 e. The molecular weight excluding hydrogens is 597 g/mol. The minimum atomic E-state index is -6.11. The van der Waals surface area contributed by atoms with Gasteiger partial charge in [0.05, 0.1) is 0 Å². The summed E-state index contributed by atoms with van der Waals surface area (Å²) in [6.07, 6.45) is -7.53. The van der Waals surface area contributed by atoms with E-state index in [1.54, 1.807) is 6.92 Å². The van der Waals surface area contributed by atoms with Crippen molar-refractivity contribution in [1.82, 2.24) is 0 Å². The second-order valence-corrected chi connectivity index (χ2v) is 13.0. The fourth-order valence-corrected chi connectivity index (χ4v) is 5.40. The summed E-state index contributed by atoms with van der Waals surface area (Å²) in [7, 11) is 0. The molecule has 2 aliphatic rings. The molecule has 2 saturated carbocycles. The van der Waals surface area contributed by atoms with Gasteiger partial charge in [-0.05, 0) is 77.6 Å². The zero-order valence-corrected chi connectivity index (χ0v) is 22.4. The summed E-state index contributed by atoms with van der Waals surface area (Å²) >= 11 is 2.05. The summed E-state index contributed by atoms with van der Waals surface area (Å²) < 4.78 is 89.1. The predicted octanol–water partition coefficient (Wildman–Crippen LogP) is 6.43. The molecule has 0 aromatic heterocycles. The topological polar surface area (TPSA) is 72.8 Å². The van der Waals surface area contributed by atoms with E-state index in [0.29, 0.717) is 39.5 Å². The summed E-state index contributed by atoms with van der Waals surface area (Å²) in [5, 5.41) is 9.61. The van der Waals surface area contributed by atoms with Gasteiger partial charge in [0, 0.05) is 6.42 Å². The van der Waals surface area contributed by atoms with Crippen molar-refractivity contribution in [3.05, 3.63) is 0 Å². The van der Waals surface area contributed by atoms with Gasteiger partial charge < -0.3 is 14.6 Å². The van der Waals surface area contributed by atoms with Crippen LogP contribution in [0.1, 0.15) is 85.5 Å². The van der Waals surface area contributed by atoms with Crippen LogP contribution in [0.5, 0.6) is 0 Å². The van der Waals surface area contributed by atoms with E-state index >= 15 is 0 Å². The molecule has 204 valence electrons. The molecule has 0 aromatic rings. The number of ether oxygens (including phenoxy) is 2. The summed E-state index contributed by atoms with van der Waals surface area (Å²) in [6.45, 7) is 4.44. The van der Waals surface area contributed by atoms with Crippen molar-refractivity contribution in [3.8, 4) is 0 Å². The minimum absolute atomic E-state index is 0.108. The van der Waals surface area contributed by atoms with Gasteiger partial charge in [-0.1, -0.05) is 35.9 Å². The van der Waals surface area contributed by atoms with Crippen LogP contribution in [0.2, 0.25) is 0 Å². The molecule has 0 saturated heterocycles. The molecule has 35 heavy (non-hydrogen) atoms. The van der Waals surface area contributed by atoms with Gasteiger partial charge in [0.2, 0.25) is 0 Å². The van der Waals surface area contributed by atoms with Gasteiger partial charge in [-0.2, -0.15) is 26.3 Å². The van der Waals surface area contributed by atoms with Crippen molar-refractivity contribution in [1.29, 1.82) is 0 Å². The lowest BCUT2D eigenvalue weighted by atomic mass is 9.64. The molecule has 5 nitrogen and oxygen atoms in total. The van der Waals surface area contributed by atoms with Crippen molar-refractivity contribution in [3.63, 3.8) is 0 Å². The Morgan fingerprint density at radius 1 is 1.06 bits per heavy atom. The third-order valence-electron chi connectivity index (χ3n) is 7.45. The summed E-state index contributed by atoms with van der Waals surface area (Å²) in [5.41, 5.74) is -9.21. The smallest absolute Gasteiger partial charge is 0.430 e. The molecular formula is C23H33F6IO5. The van der Waals surface area contributed by atoms with Gasteiger partial charge in [0.1, 0.15) is 9.02 Å². The van der Waals surface area contributed by atoms with E-state index < -0.39 is 45.0 Å². The second-order valence-electron chi connectivity index (χ2n) is 10.6. The molecule has 2 aliphatic carbocycles. The van der Waals surface area contributed by atoms with Crippen molar-refractivity contribution in [2.75, 3.05) is 0 Å². The van der Waals surface area contributed by atoms with Crippen LogP contribution < -0.4 is 0 Å². The SMILES string of the molecule is CCC(C)(I)C(=O)OC12CCCC(CC(CCC(=O)OC(C)(C)C(O)(C(F)(F)F)C(F)(F)F)C1)C2. The minimum Gasteiger partial charge on any atom is -0.458 e. The maximum Gasteiger partial charge on any atom is 0.430 e.